The minimum atomic E-state index is -2.48. The zero-order chi connectivity index (χ0) is 23.0. The molecule has 36 heavy (non-hydrogen) atoms. The maximum atomic E-state index is 4.92. The zero-order valence-corrected chi connectivity index (χ0v) is 22.7. The monoisotopic (exact) mass is 651 g/mol. The van der Waals surface area contributed by atoms with E-state index in [1.165, 1.54) is 59.3 Å². The van der Waals surface area contributed by atoms with Crippen molar-refractivity contribution >= 4 is 39.6 Å². The first-order valence-corrected chi connectivity index (χ1v) is 14.1. The molecule has 1 nitrogen and oxygen atoms in total. The van der Waals surface area contributed by atoms with Gasteiger partial charge in [0.05, 0.1) is 0 Å². The third kappa shape index (κ3) is 2.65. The van der Waals surface area contributed by atoms with Gasteiger partial charge in [-0.2, -0.15) is 0 Å². The molecule has 2 aliphatic heterocycles. The van der Waals surface area contributed by atoms with Gasteiger partial charge in [0.15, 0.2) is 0 Å². The van der Waals surface area contributed by atoms with Gasteiger partial charge in [-0.25, -0.2) is 0 Å². The molecule has 1 radical (unpaired) electrons. The van der Waals surface area contributed by atoms with Crippen molar-refractivity contribution in [1.29, 1.82) is 0 Å². The van der Waals surface area contributed by atoms with Crippen molar-refractivity contribution < 1.29 is 20.1 Å². The Balaban J connectivity index is 0.00000220. The van der Waals surface area contributed by atoms with Gasteiger partial charge < -0.3 is 4.98 Å². The molecule has 0 aliphatic carbocycles. The summed E-state index contributed by atoms with van der Waals surface area (Å²) in [6.45, 7) is 0. The molecule has 0 fully saturated rings. The SMILES string of the molecule is [Ir].[c-]1cc(-c2cccc3ccccc23)cc2c1-c1ncccc1[Si]21c2ccccc2-c2ccccc21. The zero-order valence-electron chi connectivity index (χ0n) is 19.3. The van der Waals surface area contributed by atoms with Crippen molar-refractivity contribution in [2.45, 2.75) is 0 Å². The molecule has 0 amide bonds. The molecule has 3 heterocycles. The van der Waals surface area contributed by atoms with E-state index < -0.39 is 8.07 Å². The molecule has 1 aromatic heterocycles. The first-order chi connectivity index (χ1) is 17.4. The molecule has 0 atom stereocenters. The summed E-state index contributed by atoms with van der Waals surface area (Å²) in [6.07, 6.45) is 1.93. The van der Waals surface area contributed by atoms with Gasteiger partial charge in [0.2, 0.25) is 0 Å². The molecule has 6 aromatic rings. The number of hydrogen-bond donors (Lipinski definition) is 0. The molecule has 0 N–H and O–H groups in total. The van der Waals surface area contributed by atoms with Crippen molar-refractivity contribution in [2.75, 3.05) is 0 Å². The van der Waals surface area contributed by atoms with Crippen molar-refractivity contribution in [3.8, 4) is 33.5 Å². The van der Waals surface area contributed by atoms with Gasteiger partial charge >= 0.3 is 0 Å². The maximum Gasteiger partial charge on any atom is 0.128 e. The Labute approximate surface area is 224 Å². The standard InChI is InChI=1S/C33H20NSi.Ir/c1-2-11-24-22(9-1)10-7-14-25(24)23-18-19-28-32(21-23)35(31-17-8-20-34-33(28)31)29-15-5-3-12-26(29)27-13-4-6-16-30(27)35;/h1-18,20-21H;/q-1;. The molecule has 0 saturated heterocycles. The van der Waals surface area contributed by atoms with Crippen LogP contribution in [-0.2, 0) is 20.1 Å². The van der Waals surface area contributed by atoms with E-state index in [4.69, 9.17) is 4.98 Å². The van der Waals surface area contributed by atoms with Gasteiger partial charge in [0.1, 0.15) is 8.07 Å². The first-order valence-electron chi connectivity index (χ1n) is 12.1. The fourth-order valence-corrected chi connectivity index (χ4v) is 12.0. The number of rotatable bonds is 1. The topological polar surface area (TPSA) is 12.9 Å². The molecular weight excluding hydrogens is 631 g/mol. The van der Waals surface area contributed by atoms with E-state index in [1.54, 1.807) is 0 Å². The van der Waals surface area contributed by atoms with Crippen LogP contribution in [0.5, 0.6) is 0 Å². The summed E-state index contributed by atoms with van der Waals surface area (Å²) in [5.74, 6) is 0. The van der Waals surface area contributed by atoms with E-state index in [-0.39, 0.29) is 20.1 Å². The van der Waals surface area contributed by atoms with Crippen LogP contribution in [0.3, 0.4) is 0 Å². The predicted octanol–water partition coefficient (Wildman–Crippen LogP) is 5.04. The maximum absolute atomic E-state index is 4.92. The fourth-order valence-electron chi connectivity index (χ4n) is 6.49. The van der Waals surface area contributed by atoms with E-state index >= 15 is 0 Å². The van der Waals surface area contributed by atoms with E-state index in [2.05, 4.69) is 121 Å². The van der Waals surface area contributed by atoms with Crippen LogP contribution in [0.15, 0.2) is 121 Å². The Morgan fingerprint density at radius 3 is 2.03 bits per heavy atom. The van der Waals surface area contributed by atoms with Crippen LogP contribution < -0.4 is 20.7 Å². The van der Waals surface area contributed by atoms with E-state index in [0.717, 1.165) is 5.69 Å². The summed E-state index contributed by atoms with van der Waals surface area (Å²) in [7, 11) is -2.48. The summed E-state index contributed by atoms with van der Waals surface area (Å²) in [4.78, 5) is 4.92. The Hall–Kier alpha value is -3.62. The normalized spacial score (nSPS) is 13.6. The van der Waals surface area contributed by atoms with Gasteiger partial charge in [-0.05, 0) is 44.0 Å². The number of pyridine rings is 1. The molecule has 0 unspecified atom stereocenters. The summed E-state index contributed by atoms with van der Waals surface area (Å²) in [6, 6.07) is 46.1. The Kier molecular flexibility index (Phi) is 4.77. The number of nitrogens with zero attached hydrogens (tertiary/aromatic N) is 1. The molecule has 1 spiro atoms. The minimum Gasteiger partial charge on any atom is -0.305 e. The number of aromatic nitrogens is 1. The van der Waals surface area contributed by atoms with Gasteiger partial charge in [0, 0.05) is 26.3 Å². The van der Waals surface area contributed by atoms with Crippen LogP contribution in [0.1, 0.15) is 0 Å². The van der Waals surface area contributed by atoms with E-state index in [9.17, 15) is 0 Å². The van der Waals surface area contributed by atoms with Crippen molar-refractivity contribution in [2.24, 2.45) is 0 Å². The second-order valence-corrected chi connectivity index (χ2v) is 13.1. The second-order valence-electron chi connectivity index (χ2n) is 9.44. The van der Waals surface area contributed by atoms with Crippen LogP contribution in [0.25, 0.3) is 44.3 Å². The molecule has 8 rings (SSSR count). The molecular formula is C33H20IrNSi-. The van der Waals surface area contributed by atoms with Gasteiger partial charge in [-0.15, -0.1) is 28.9 Å². The predicted molar refractivity (Wildman–Crippen MR) is 148 cm³/mol. The second kappa shape index (κ2) is 7.94. The molecule has 3 heteroatoms. The molecule has 2 aliphatic rings. The minimum absolute atomic E-state index is 0. The van der Waals surface area contributed by atoms with E-state index in [0.29, 0.717) is 0 Å². The summed E-state index contributed by atoms with van der Waals surface area (Å²) < 4.78 is 0. The largest absolute Gasteiger partial charge is 0.305 e. The Morgan fingerprint density at radius 1 is 0.583 bits per heavy atom. The number of hydrogen-bond acceptors (Lipinski definition) is 1. The third-order valence-corrected chi connectivity index (χ3v) is 12.7. The van der Waals surface area contributed by atoms with Crippen molar-refractivity contribution in [3.05, 3.63) is 128 Å². The van der Waals surface area contributed by atoms with Crippen LogP contribution in [0.2, 0.25) is 0 Å². The van der Waals surface area contributed by atoms with Crippen molar-refractivity contribution in [3.63, 3.8) is 0 Å². The fraction of sp³-hybridized carbons (Fsp3) is 0. The average molecular weight is 651 g/mol. The number of benzene rings is 5. The summed E-state index contributed by atoms with van der Waals surface area (Å²) >= 11 is 0. The van der Waals surface area contributed by atoms with Crippen LogP contribution >= 0.6 is 0 Å². The van der Waals surface area contributed by atoms with Crippen LogP contribution in [-0.4, -0.2) is 13.1 Å². The molecule has 5 aromatic carbocycles. The van der Waals surface area contributed by atoms with Crippen molar-refractivity contribution in [1.82, 2.24) is 4.98 Å². The smallest absolute Gasteiger partial charge is 0.128 e. The Morgan fingerprint density at radius 2 is 1.22 bits per heavy atom. The molecule has 0 bridgehead atoms. The van der Waals surface area contributed by atoms with E-state index in [1.807, 2.05) is 6.20 Å². The van der Waals surface area contributed by atoms with Crippen LogP contribution in [0, 0.1) is 6.07 Å². The summed E-state index contributed by atoms with van der Waals surface area (Å²) in [5.41, 5.74) is 7.49. The summed E-state index contributed by atoms with van der Waals surface area (Å²) in [5, 5.41) is 8.28. The molecule has 0 saturated carbocycles. The average Bonchev–Trinajstić information content (AvgIpc) is 3.40. The van der Waals surface area contributed by atoms with Gasteiger partial charge in [0.25, 0.3) is 0 Å². The first kappa shape index (κ1) is 21.6. The van der Waals surface area contributed by atoms with Gasteiger partial charge in [-0.1, -0.05) is 113 Å². The third-order valence-electron chi connectivity index (χ3n) is 7.85. The molecule has 171 valence electrons. The van der Waals surface area contributed by atoms with Crippen LogP contribution in [0.4, 0.5) is 0 Å². The number of fused-ring (bicyclic) bond motifs is 11. The Bertz CT molecular complexity index is 1750. The van der Waals surface area contributed by atoms with Gasteiger partial charge in [-0.3, -0.25) is 0 Å². The quantitative estimate of drug-likeness (QED) is 0.179.